The van der Waals surface area contributed by atoms with E-state index in [9.17, 15) is 9.59 Å². The van der Waals surface area contributed by atoms with Crippen molar-refractivity contribution >= 4 is 22.7 Å². The zero-order valence-electron chi connectivity index (χ0n) is 22.8. The maximum Gasteiger partial charge on any atom is 0.375 e. The zero-order valence-corrected chi connectivity index (χ0v) is 22.8. The molecule has 1 aliphatic heterocycles. The predicted octanol–water partition coefficient (Wildman–Crippen LogP) is 6.31. The van der Waals surface area contributed by atoms with E-state index in [0.717, 1.165) is 22.5 Å². The van der Waals surface area contributed by atoms with E-state index in [4.69, 9.17) is 23.4 Å². The number of nitrogens with zero attached hydrogens (tertiary/aromatic N) is 1. The first-order valence-corrected chi connectivity index (χ1v) is 13.4. The van der Waals surface area contributed by atoms with Gasteiger partial charge in [0.1, 0.15) is 24.5 Å². The van der Waals surface area contributed by atoms with Gasteiger partial charge in [0, 0.05) is 22.3 Å². The van der Waals surface area contributed by atoms with Gasteiger partial charge in [-0.15, -0.1) is 0 Å². The number of hydrogen-bond acceptors (Lipinski definition) is 7. The standard InChI is InChI=1S/C33H29NO7/c1-21-16-26(22(2)34(21)17-24-18-38-30-14-8-9-15-31(30)40-24)28(35)20-39-33(36)32-27(19-37-23-10-4-3-5-11-23)25-12-6-7-13-29(25)41-32/h3-16,24H,17-20H2,1-2H3/t24-/m1/s1. The van der Waals surface area contributed by atoms with Crippen LogP contribution >= 0.6 is 0 Å². The molecule has 5 aromatic rings. The van der Waals surface area contributed by atoms with E-state index in [1.165, 1.54) is 0 Å². The van der Waals surface area contributed by atoms with Gasteiger partial charge in [0.15, 0.2) is 24.2 Å². The number of furan rings is 1. The molecule has 0 fully saturated rings. The van der Waals surface area contributed by atoms with Crippen LogP contribution in [0.3, 0.4) is 0 Å². The number of ether oxygens (including phenoxy) is 4. The van der Waals surface area contributed by atoms with Crippen LogP contribution in [0.15, 0.2) is 89.3 Å². The summed E-state index contributed by atoms with van der Waals surface area (Å²) in [5.74, 6) is 1.09. The van der Waals surface area contributed by atoms with E-state index in [-0.39, 0.29) is 24.3 Å². The molecule has 0 spiro atoms. The van der Waals surface area contributed by atoms with Crippen LogP contribution in [-0.2, 0) is 17.9 Å². The highest BCUT2D eigenvalue weighted by molar-refractivity contribution is 6.01. The van der Waals surface area contributed by atoms with Gasteiger partial charge in [0.25, 0.3) is 0 Å². The summed E-state index contributed by atoms with van der Waals surface area (Å²) in [4.78, 5) is 26.3. The molecule has 0 saturated carbocycles. The molecule has 0 N–H and O–H groups in total. The Morgan fingerprint density at radius 2 is 1.66 bits per heavy atom. The Balaban J connectivity index is 1.14. The third kappa shape index (κ3) is 5.41. The van der Waals surface area contributed by atoms with E-state index in [1.807, 2.05) is 97.3 Å². The summed E-state index contributed by atoms with van der Waals surface area (Å²) in [7, 11) is 0. The summed E-state index contributed by atoms with van der Waals surface area (Å²) in [6.07, 6.45) is -0.208. The largest absolute Gasteiger partial charge is 0.489 e. The fourth-order valence-corrected chi connectivity index (χ4v) is 5.07. The number of esters is 1. The van der Waals surface area contributed by atoms with Crippen molar-refractivity contribution in [3.8, 4) is 17.2 Å². The second-order valence-corrected chi connectivity index (χ2v) is 9.90. The molecule has 3 heterocycles. The van der Waals surface area contributed by atoms with Crippen LogP contribution in [-0.4, -0.2) is 35.6 Å². The van der Waals surface area contributed by atoms with Gasteiger partial charge in [-0.05, 0) is 50.2 Å². The number of Topliss-reactive ketones (excluding diaryl/α,β-unsaturated/α-hetero) is 1. The molecule has 0 bridgehead atoms. The normalized spacial score (nSPS) is 14.1. The molecule has 8 nitrogen and oxygen atoms in total. The maximum atomic E-state index is 13.2. The number of fused-ring (bicyclic) bond motifs is 2. The van der Waals surface area contributed by atoms with Gasteiger partial charge in [-0.1, -0.05) is 48.5 Å². The molecule has 0 saturated heterocycles. The lowest BCUT2D eigenvalue weighted by atomic mass is 10.1. The molecule has 0 aliphatic carbocycles. The Morgan fingerprint density at radius 3 is 2.49 bits per heavy atom. The molecule has 41 heavy (non-hydrogen) atoms. The molecule has 0 amide bonds. The highest BCUT2D eigenvalue weighted by atomic mass is 16.6. The third-order valence-corrected chi connectivity index (χ3v) is 7.17. The number of aryl methyl sites for hydroxylation is 1. The maximum absolute atomic E-state index is 13.2. The van der Waals surface area contributed by atoms with E-state index in [1.54, 1.807) is 6.07 Å². The summed E-state index contributed by atoms with van der Waals surface area (Å²) in [6.45, 7) is 4.41. The van der Waals surface area contributed by atoms with Gasteiger partial charge in [-0.25, -0.2) is 4.79 Å². The van der Waals surface area contributed by atoms with E-state index in [0.29, 0.717) is 41.4 Å². The molecule has 208 valence electrons. The number of aromatic nitrogens is 1. The third-order valence-electron chi connectivity index (χ3n) is 7.17. The van der Waals surface area contributed by atoms with Crippen molar-refractivity contribution < 1.29 is 33.0 Å². The van der Waals surface area contributed by atoms with E-state index in [2.05, 4.69) is 0 Å². The topological polar surface area (TPSA) is 89.1 Å². The van der Waals surface area contributed by atoms with Crippen molar-refractivity contribution in [3.05, 3.63) is 113 Å². The lowest BCUT2D eigenvalue weighted by Gasteiger charge is -2.27. The minimum absolute atomic E-state index is 0.0233. The first-order valence-electron chi connectivity index (χ1n) is 13.4. The van der Waals surface area contributed by atoms with E-state index >= 15 is 0 Å². The molecule has 1 aliphatic rings. The summed E-state index contributed by atoms with van der Waals surface area (Å²) in [5.41, 5.74) is 3.27. The van der Waals surface area contributed by atoms with Crippen LogP contribution in [0.25, 0.3) is 11.0 Å². The lowest BCUT2D eigenvalue weighted by Crippen LogP contribution is -2.33. The first kappa shape index (κ1) is 26.3. The average Bonchev–Trinajstić information content (AvgIpc) is 3.51. The Kier molecular flexibility index (Phi) is 7.20. The highest BCUT2D eigenvalue weighted by Gasteiger charge is 2.26. The van der Waals surface area contributed by atoms with Crippen molar-refractivity contribution in [3.63, 3.8) is 0 Å². The number of hydrogen-bond donors (Lipinski definition) is 0. The number of benzene rings is 3. The molecule has 3 aromatic carbocycles. The van der Waals surface area contributed by atoms with Gasteiger partial charge >= 0.3 is 5.97 Å². The van der Waals surface area contributed by atoms with Crippen LogP contribution in [0.2, 0.25) is 0 Å². The number of rotatable bonds is 9. The number of ketones is 1. The van der Waals surface area contributed by atoms with E-state index < -0.39 is 12.6 Å². The number of para-hydroxylation sites is 4. The monoisotopic (exact) mass is 551 g/mol. The number of carbonyl (C=O) groups excluding carboxylic acids is 2. The summed E-state index contributed by atoms with van der Waals surface area (Å²) in [6, 6.07) is 26.0. The fourth-order valence-electron chi connectivity index (χ4n) is 5.07. The van der Waals surface area contributed by atoms with Gasteiger partial charge in [0.2, 0.25) is 11.5 Å². The van der Waals surface area contributed by atoms with Crippen molar-refractivity contribution in [2.75, 3.05) is 13.2 Å². The molecular weight excluding hydrogens is 522 g/mol. The summed E-state index contributed by atoms with van der Waals surface area (Å²) >= 11 is 0. The Hall–Kier alpha value is -4.98. The van der Waals surface area contributed by atoms with Crippen LogP contribution < -0.4 is 14.2 Å². The van der Waals surface area contributed by atoms with Crippen molar-refractivity contribution in [2.24, 2.45) is 0 Å². The predicted molar refractivity (Wildman–Crippen MR) is 152 cm³/mol. The molecular formula is C33H29NO7. The van der Waals surface area contributed by atoms with Crippen LogP contribution in [0.4, 0.5) is 0 Å². The quantitative estimate of drug-likeness (QED) is 0.157. The second-order valence-electron chi connectivity index (χ2n) is 9.90. The Labute approximate surface area is 237 Å². The fraction of sp³-hybridized carbons (Fsp3) is 0.212. The highest BCUT2D eigenvalue weighted by Crippen LogP contribution is 2.32. The number of carbonyl (C=O) groups is 2. The van der Waals surface area contributed by atoms with Crippen LogP contribution in [0.5, 0.6) is 17.2 Å². The summed E-state index contributed by atoms with van der Waals surface area (Å²) in [5, 5.41) is 0.752. The van der Waals surface area contributed by atoms with Crippen molar-refractivity contribution in [2.45, 2.75) is 33.1 Å². The first-order chi connectivity index (χ1) is 20.0. The van der Waals surface area contributed by atoms with Crippen LogP contribution in [0.1, 0.15) is 37.9 Å². The van der Waals surface area contributed by atoms with Gasteiger partial charge in [-0.2, -0.15) is 0 Å². The molecule has 0 unspecified atom stereocenters. The smallest absolute Gasteiger partial charge is 0.375 e. The summed E-state index contributed by atoms with van der Waals surface area (Å²) < 4.78 is 31.2. The SMILES string of the molecule is Cc1cc(C(=O)COC(=O)c2oc3ccccc3c2COc2ccccc2)c(C)n1C[C@@H]1COc2ccccc2O1. The molecule has 6 rings (SSSR count). The Bertz CT molecular complexity index is 1720. The molecule has 2 aromatic heterocycles. The average molecular weight is 552 g/mol. The zero-order chi connectivity index (χ0) is 28.3. The van der Waals surface area contributed by atoms with Crippen LogP contribution in [0, 0.1) is 13.8 Å². The molecule has 0 radical (unpaired) electrons. The van der Waals surface area contributed by atoms with Gasteiger partial charge < -0.3 is 27.9 Å². The lowest BCUT2D eigenvalue weighted by molar-refractivity contribution is 0.0442. The minimum atomic E-state index is -0.721. The minimum Gasteiger partial charge on any atom is -0.489 e. The van der Waals surface area contributed by atoms with Gasteiger partial charge in [-0.3, -0.25) is 4.79 Å². The van der Waals surface area contributed by atoms with Gasteiger partial charge in [0.05, 0.1) is 12.1 Å². The molecule has 8 heteroatoms. The second kappa shape index (κ2) is 11.3. The van der Waals surface area contributed by atoms with Crippen molar-refractivity contribution in [1.29, 1.82) is 0 Å². The molecule has 1 atom stereocenters. The Morgan fingerprint density at radius 1 is 0.927 bits per heavy atom. The van der Waals surface area contributed by atoms with Crippen molar-refractivity contribution in [1.82, 2.24) is 4.57 Å².